The van der Waals surface area contributed by atoms with E-state index < -0.39 is 0 Å². The van der Waals surface area contributed by atoms with E-state index in [1.807, 2.05) is 36.1 Å². The number of hydrogen-bond acceptors (Lipinski definition) is 4. The summed E-state index contributed by atoms with van der Waals surface area (Å²) in [5.74, 6) is 1.18. The van der Waals surface area contributed by atoms with E-state index in [0.29, 0.717) is 24.6 Å². The quantitative estimate of drug-likeness (QED) is 0.793. The van der Waals surface area contributed by atoms with Crippen LogP contribution in [0.3, 0.4) is 0 Å². The van der Waals surface area contributed by atoms with Crippen LogP contribution in [0.2, 0.25) is 0 Å². The Balaban J connectivity index is 1.66. The van der Waals surface area contributed by atoms with Gasteiger partial charge < -0.3 is 14.6 Å². The molecule has 1 aliphatic heterocycles. The summed E-state index contributed by atoms with van der Waals surface area (Å²) >= 11 is 0. The number of fused-ring (bicyclic) bond motifs is 1. The fraction of sp³-hybridized carbons (Fsp3) is 0.316. The molecule has 6 nitrogen and oxygen atoms in total. The molecule has 4 rings (SSSR count). The number of imidazole rings is 1. The van der Waals surface area contributed by atoms with E-state index in [1.54, 1.807) is 18.3 Å². The average Bonchev–Trinajstić information content (AvgIpc) is 3.28. The van der Waals surface area contributed by atoms with Gasteiger partial charge >= 0.3 is 0 Å². The van der Waals surface area contributed by atoms with Crippen molar-refractivity contribution < 1.29 is 9.53 Å². The summed E-state index contributed by atoms with van der Waals surface area (Å²) in [5.41, 5.74) is 2.42. The molecule has 3 aromatic rings. The van der Waals surface area contributed by atoms with Crippen molar-refractivity contribution in [2.45, 2.75) is 25.8 Å². The first-order valence-corrected chi connectivity index (χ1v) is 8.61. The first-order chi connectivity index (χ1) is 12.3. The minimum atomic E-state index is -0.0560. The van der Waals surface area contributed by atoms with Crippen LogP contribution in [0.1, 0.15) is 42.0 Å². The summed E-state index contributed by atoms with van der Waals surface area (Å²) in [6.45, 7) is 3.07. The Kier molecular flexibility index (Phi) is 4.09. The minimum Gasteiger partial charge on any atom is -0.477 e. The normalized spacial score (nSPS) is 17.2. The number of rotatable bonds is 4. The maximum atomic E-state index is 13.1. The molecule has 25 heavy (non-hydrogen) atoms. The number of para-hydroxylation sites is 2. The van der Waals surface area contributed by atoms with Crippen molar-refractivity contribution in [3.05, 3.63) is 54.0 Å². The number of pyridine rings is 1. The molecule has 0 aliphatic carbocycles. The number of H-pyrrole nitrogens is 1. The van der Waals surface area contributed by atoms with Crippen LogP contribution in [-0.2, 0) is 0 Å². The number of carbonyl (C=O) groups excluding carboxylic acids is 1. The lowest BCUT2D eigenvalue weighted by Crippen LogP contribution is -2.31. The van der Waals surface area contributed by atoms with E-state index in [1.165, 1.54) is 0 Å². The van der Waals surface area contributed by atoms with Gasteiger partial charge in [-0.1, -0.05) is 12.1 Å². The molecule has 1 N–H and O–H groups in total. The van der Waals surface area contributed by atoms with Gasteiger partial charge in [-0.25, -0.2) is 9.97 Å². The van der Waals surface area contributed by atoms with Crippen molar-refractivity contribution in [2.24, 2.45) is 0 Å². The van der Waals surface area contributed by atoms with Gasteiger partial charge in [-0.3, -0.25) is 4.79 Å². The Bertz CT molecular complexity index is 872. The fourth-order valence-corrected chi connectivity index (χ4v) is 3.38. The second kappa shape index (κ2) is 6.55. The lowest BCUT2D eigenvalue weighted by Gasteiger charge is -2.23. The summed E-state index contributed by atoms with van der Waals surface area (Å²) in [7, 11) is 0. The predicted molar refractivity (Wildman–Crippen MR) is 94.5 cm³/mol. The van der Waals surface area contributed by atoms with Gasteiger partial charge in [0.2, 0.25) is 5.88 Å². The summed E-state index contributed by atoms with van der Waals surface area (Å²) in [4.78, 5) is 27.2. The molecular weight excluding hydrogens is 316 g/mol. The Morgan fingerprint density at radius 3 is 3.04 bits per heavy atom. The molecule has 0 spiro atoms. The van der Waals surface area contributed by atoms with Crippen molar-refractivity contribution in [1.29, 1.82) is 0 Å². The SMILES string of the molecule is CCOc1ncccc1C(=O)N1CCCC1c1nc2ccccc2[nH]1. The molecule has 1 unspecified atom stereocenters. The number of hydrogen-bond donors (Lipinski definition) is 1. The molecule has 1 fully saturated rings. The van der Waals surface area contributed by atoms with E-state index in [-0.39, 0.29) is 11.9 Å². The van der Waals surface area contributed by atoms with Gasteiger partial charge in [0.15, 0.2) is 0 Å². The first kappa shape index (κ1) is 15.6. The molecule has 1 aromatic carbocycles. The zero-order valence-corrected chi connectivity index (χ0v) is 14.1. The van der Waals surface area contributed by atoms with Crippen LogP contribution in [0.5, 0.6) is 5.88 Å². The lowest BCUT2D eigenvalue weighted by molar-refractivity contribution is 0.0725. The maximum absolute atomic E-state index is 13.1. The van der Waals surface area contributed by atoms with Crippen LogP contribution in [-0.4, -0.2) is 38.9 Å². The smallest absolute Gasteiger partial charge is 0.259 e. The standard InChI is InChI=1S/C19H20N4O2/c1-2-25-18-13(7-5-11-20-18)19(24)23-12-6-10-16(23)17-21-14-8-3-4-9-15(14)22-17/h3-5,7-9,11,16H,2,6,10,12H2,1H3,(H,21,22). The third kappa shape index (κ3) is 2.84. The van der Waals surface area contributed by atoms with E-state index in [0.717, 1.165) is 29.7 Å². The van der Waals surface area contributed by atoms with Crippen molar-refractivity contribution in [1.82, 2.24) is 19.9 Å². The molecule has 0 saturated carbocycles. The third-order valence-electron chi connectivity index (χ3n) is 4.52. The van der Waals surface area contributed by atoms with Crippen LogP contribution in [0.4, 0.5) is 0 Å². The lowest BCUT2D eigenvalue weighted by atomic mass is 10.2. The van der Waals surface area contributed by atoms with E-state index in [2.05, 4.69) is 15.0 Å². The van der Waals surface area contributed by atoms with Crippen molar-refractivity contribution in [3.63, 3.8) is 0 Å². The van der Waals surface area contributed by atoms with E-state index in [4.69, 9.17) is 4.74 Å². The van der Waals surface area contributed by atoms with Crippen LogP contribution in [0, 0.1) is 0 Å². The number of benzene rings is 1. The molecule has 1 amide bonds. The highest BCUT2D eigenvalue weighted by Gasteiger charge is 2.34. The molecule has 3 heterocycles. The van der Waals surface area contributed by atoms with Crippen LogP contribution in [0.15, 0.2) is 42.6 Å². The Labute approximate surface area is 145 Å². The molecule has 1 atom stereocenters. The number of ether oxygens (including phenoxy) is 1. The molecule has 1 aliphatic rings. The highest BCUT2D eigenvalue weighted by Crippen LogP contribution is 2.33. The number of amides is 1. The van der Waals surface area contributed by atoms with Crippen LogP contribution >= 0.6 is 0 Å². The largest absolute Gasteiger partial charge is 0.477 e. The number of nitrogens with one attached hydrogen (secondary N) is 1. The van der Waals surface area contributed by atoms with Crippen LogP contribution < -0.4 is 4.74 Å². The van der Waals surface area contributed by atoms with E-state index >= 15 is 0 Å². The Morgan fingerprint density at radius 1 is 1.32 bits per heavy atom. The Hall–Kier alpha value is -2.89. The van der Waals surface area contributed by atoms with Gasteiger partial charge in [0.1, 0.15) is 11.4 Å². The molecule has 6 heteroatoms. The molecular formula is C19H20N4O2. The predicted octanol–water partition coefficient (Wildman–Crippen LogP) is 3.33. The van der Waals surface area contributed by atoms with Crippen molar-refractivity contribution in [2.75, 3.05) is 13.2 Å². The zero-order valence-electron chi connectivity index (χ0n) is 14.1. The molecule has 0 bridgehead atoms. The zero-order chi connectivity index (χ0) is 17.2. The van der Waals surface area contributed by atoms with E-state index in [9.17, 15) is 4.79 Å². The summed E-state index contributed by atoms with van der Waals surface area (Å²) in [6, 6.07) is 11.4. The second-order valence-electron chi connectivity index (χ2n) is 6.08. The Morgan fingerprint density at radius 2 is 2.20 bits per heavy atom. The summed E-state index contributed by atoms with van der Waals surface area (Å²) in [6.07, 6.45) is 3.50. The molecule has 128 valence electrons. The highest BCUT2D eigenvalue weighted by molar-refractivity contribution is 5.96. The number of aromatic amines is 1. The van der Waals surface area contributed by atoms with Gasteiger partial charge in [0.25, 0.3) is 5.91 Å². The van der Waals surface area contributed by atoms with Gasteiger partial charge in [-0.05, 0) is 44.0 Å². The number of nitrogens with zero attached hydrogens (tertiary/aromatic N) is 3. The minimum absolute atomic E-state index is 0.0467. The van der Waals surface area contributed by atoms with Gasteiger partial charge in [0.05, 0.1) is 23.7 Å². The molecule has 1 saturated heterocycles. The molecule has 2 aromatic heterocycles. The third-order valence-corrected chi connectivity index (χ3v) is 4.52. The van der Waals surface area contributed by atoms with Crippen molar-refractivity contribution >= 4 is 16.9 Å². The number of likely N-dealkylation sites (tertiary alicyclic amines) is 1. The van der Waals surface area contributed by atoms with Gasteiger partial charge in [-0.15, -0.1) is 0 Å². The van der Waals surface area contributed by atoms with Gasteiger partial charge in [0, 0.05) is 12.7 Å². The van der Waals surface area contributed by atoms with Crippen molar-refractivity contribution in [3.8, 4) is 5.88 Å². The van der Waals surface area contributed by atoms with Crippen LogP contribution in [0.25, 0.3) is 11.0 Å². The monoisotopic (exact) mass is 336 g/mol. The first-order valence-electron chi connectivity index (χ1n) is 8.61. The fourth-order valence-electron chi connectivity index (χ4n) is 3.38. The number of aromatic nitrogens is 3. The summed E-state index contributed by atoms with van der Waals surface area (Å²) in [5, 5.41) is 0. The maximum Gasteiger partial charge on any atom is 0.259 e. The summed E-state index contributed by atoms with van der Waals surface area (Å²) < 4.78 is 5.52. The average molecular weight is 336 g/mol. The highest BCUT2D eigenvalue weighted by atomic mass is 16.5. The van der Waals surface area contributed by atoms with Gasteiger partial charge in [-0.2, -0.15) is 0 Å². The topological polar surface area (TPSA) is 71.1 Å². The second-order valence-corrected chi connectivity index (χ2v) is 6.08. The number of carbonyl (C=O) groups is 1. The molecule has 0 radical (unpaired) electrons.